The molecule has 768 valence electrons. The molecule has 9 amide bonds. The number of carboxylic acid groups (broad SMARTS) is 3. The van der Waals surface area contributed by atoms with Crippen LogP contribution in [-0.4, -0.2) is 349 Å². The highest BCUT2D eigenvalue weighted by atomic mass is 16.7. The molecule has 139 heavy (non-hydrogen) atoms. The molecule has 6 aliphatic heterocycles. The number of esters is 3. The number of aliphatic hydroxyl groups is 9. The molecule has 0 bridgehead atoms. The van der Waals surface area contributed by atoms with Crippen LogP contribution in [0.15, 0.2) is 91.1 Å². The van der Waals surface area contributed by atoms with E-state index in [1.807, 2.05) is 0 Å². The Balaban J connectivity index is 0.000000285. The number of imide groups is 3. The number of hydrogen-bond donors (Lipinski definition) is 15. The summed E-state index contributed by atoms with van der Waals surface area (Å²) in [5, 5.41) is 127. The first-order chi connectivity index (χ1) is 65.6. The van der Waals surface area contributed by atoms with Gasteiger partial charge in [0.1, 0.15) is 92.0 Å². The monoisotopic (exact) mass is 1970 g/mol. The number of benzene rings is 3. The van der Waals surface area contributed by atoms with Gasteiger partial charge in [0.05, 0.1) is 55.9 Å². The van der Waals surface area contributed by atoms with Crippen LogP contribution in [0.25, 0.3) is 0 Å². The van der Waals surface area contributed by atoms with Crippen LogP contribution in [0.1, 0.15) is 141 Å². The number of hydrogen-bond acceptors (Lipinski definition) is 37. The van der Waals surface area contributed by atoms with Gasteiger partial charge >= 0.3 is 35.8 Å². The highest BCUT2D eigenvalue weighted by molar-refractivity contribution is 6.14. The Morgan fingerprint density at radius 1 is 0.324 bits per heavy atom. The van der Waals surface area contributed by atoms with Gasteiger partial charge in [-0.15, -0.1) is 0 Å². The van der Waals surface area contributed by atoms with Crippen molar-refractivity contribution in [2.45, 2.75) is 238 Å². The maximum absolute atomic E-state index is 12.4. The third-order valence-electron chi connectivity index (χ3n) is 21.4. The molecule has 15 atom stereocenters. The van der Waals surface area contributed by atoms with Crippen molar-refractivity contribution in [1.82, 2.24) is 30.7 Å². The van der Waals surface area contributed by atoms with Crippen molar-refractivity contribution < 1.29 is 195 Å². The van der Waals surface area contributed by atoms with Crippen LogP contribution < -0.4 is 30.2 Å². The first kappa shape index (κ1) is 114. The predicted molar refractivity (Wildman–Crippen MR) is 475 cm³/mol. The van der Waals surface area contributed by atoms with E-state index in [9.17, 15) is 133 Å². The van der Waals surface area contributed by atoms with E-state index in [-0.39, 0.29) is 120 Å². The summed E-state index contributed by atoms with van der Waals surface area (Å²) in [6.45, 7) is 18.3. The van der Waals surface area contributed by atoms with Crippen molar-refractivity contribution in [3.8, 4) is 17.2 Å². The Bertz CT molecular complexity index is 4770. The van der Waals surface area contributed by atoms with Gasteiger partial charge in [0.25, 0.3) is 35.4 Å². The summed E-state index contributed by atoms with van der Waals surface area (Å²) in [5.74, 6) is -9.23. The van der Waals surface area contributed by atoms with E-state index >= 15 is 0 Å². The van der Waals surface area contributed by atoms with Crippen LogP contribution in [0.5, 0.6) is 17.2 Å². The number of carboxylic acids is 3. The lowest BCUT2D eigenvalue weighted by molar-refractivity contribution is -0.271. The Morgan fingerprint density at radius 3 is 0.849 bits per heavy atom. The maximum atomic E-state index is 12.4. The minimum Gasteiger partial charge on any atom is -0.479 e. The fourth-order valence-electron chi connectivity index (χ4n) is 13.4. The number of aliphatic hydroxyl groups excluding tert-OH is 9. The zero-order chi connectivity index (χ0) is 103. The molecule has 3 aromatic carbocycles. The SMILES string of the molecule is CC(C)(C)C(=O)OCc1cc(CCCCNC(=O)CCN2C(=O)C=CC2=O)ccc1OC1O[C@H](C(=O)O)[C@@H](O)[C@H](O)[C@H]1O.CC(C)(C)C(=O)OCc1cc(CCCOCCNC(=O)CCN2C(=O)C=CC2=O)ccc1O[C@@H]1O[C@H](C(=O)O)[C@@H](O)[C@H](O)[C@H]1O.CC(C)(C)C(=O)OCc1cc(CCCOCCOCCOCCNC(=O)CCN2C(=O)C=CC2=O)ccc1O[C@@H]1O[C@H](C(=O)O)[C@@H](O)[C@H](O)[C@H]1O. The molecule has 3 aromatic rings. The van der Waals surface area contributed by atoms with Gasteiger partial charge in [-0.2, -0.15) is 0 Å². The van der Waals surface area contributed by atoms with E-state index < -0.39 is 180 Å². The van der Waals surface area contributed by atoms with Crippen LogP contribution in [0, 0.1) is 16.2 Å². The van der Waals surface area contributed by atoms with Crippen LogP contribution in [-0.2, 0) is 158 Å². The molecular weight excluding hydrogens is 1840 g/mol. The van der Waals surface area contributed by atoms with Gasteiger partial charge in [0.2, 0.25) is 36.6 Å². The zero-order valence-corrected chi connectivity index (χ0v) is 78.6. The normalized spacial score (nSPS) is 22.9. The van der Waals surface area contributed by atoms with Gasteiger partial charge in [0.15, 0.2) is 18.3 Å². The highest BCUT2D eigenvalue weighted by Gasteiger charge is 2.51. The first-order valence-electron chi connectivity index (χ1n) is 44.9. The minimum absolute atomic E-state index is 0.000125. The predicted octanol–water partition coefficient (Wildman–Crippen LogP) is -1.31. The maximum Gasteiger partial charge on any atom is 0.335 e. The molecule has 0 aliphatic carbocycles. The molecule has 0 radical (unpaired) electrons. The molecule has 3 fully saturated rings. The number of ether oxygens (including phenoxy) is 13. The van der Waals surface area contributed by atoms with Crippen LogP contribution in [0.4, 0.5) is 0 Å². The van der Waals surface area contributed by atoms with Crippen molar-refractivity contribution in [2.24, 2.45) is 16.2 Å². The van der Waals surface area contributed by atoms with E-state index in [1.54, 1.807) is 105 Å². The molecule has 6 aliphatic rings. The number of aryl methyl sites for hydroxylation is 3. The quantitative estimate of drug-likeness (QED) is 0.0135. The Kier molecular flexibility index (Phi) is 45.0. The minimum atomic E-state index is -1.87. The number of nitrogens with zero attached hydrogens (tertiary/aromatic N) is 3. The molecule has 46 heteroatoms. The number of carbonyl (C=O) groups excluding carboxylic acids is 12. The number of unbranched alkanes of at least 4 members (excludes halogenated alkanes) is 1. The number of rotatable bonds is 49. The topological polar surface area (TPSA) is 665 Å². The van der Waals surface area contributed by atoms with Gasteiger partial charge < -0.3 is 139 Å². The summed E-state index contributed by atoms with van der Waals surface area (Å²) < 4.78 is 71.3. The van der Waals surface area contributed by atoms with Crippen molar-refractivity contribution >= 4 is 89.0 Å². The van der Waals surface area contributed by atoms with Crippen LogP contribution >= 0.6 is 0 Å². The van der Waals surface area contributed by atoms with E-state index in [1.165, 1.54) is 24.3 Å². The summed E-state index contributed by atoms with van der Waals surface area (Å²) in [7, 11) is 0. The average molecular weight is 1970 g/mol. The first-order valence-corrected chi connectivity index (χ1v) is 44.9. The van der Waals surface area contributed by atoms with Crippen molar-refractivity contribution in [1.29, 1.82) is 0 Å². The van der Waals surface area contributed by atoms with Gasteiger partial charge in [-0.1, -0.05) is 18.2 Å². The lowest BCUT2D eigenvalue weighted by Gasteiger charge is -2.38. The second kappa shape index (κ2) is 54.7. The Morgan fingerprint density at radius 2 is 0.576 bits per heavy atom. The molecule has 6 heterocycles. The zero-order valence-electron chi connectivity index (χ0n) is 78.6. The number of aliphatic carboxylic acids is 3. The molecule has 0 saturated carbocycles. The van der Waals surface area contributed by atoms with E-state index in [2.05, 4.69) is 16.0 Å². The van der Waals surface area contributed by atoms with E-state index in [4.69, 9.17) is 61.6 Å². The Labute approximate surface area is 799 Å². The second-order valence-corrected chi connectivity index (χ2v) is 35.8. The lowest BCUT2D eigenvalue weighted by atomic mass is 9.97. The smallest absolute Gasteiger partial charge is 0.335 e. The van der Waals surface area contributed by atoms with Gasteiger partial charge in [-0.05, 0) is 160 Å². The molecule has 15 N–H and O–H groups in total. The third kappa shape index (κ3) is 36.2. The lowest BCUT2D eigenvalue weighted by Crippen LogP contribution is -2.61. The second-order valence-electron chi connectivity index (χ2n) is 35.8. The number of carbonyl (C=O) groups is 15. The molecular formula is C93H126N6O40. The molecule has 46 nitrogen and oxygen atoms in total. The van der Waals surface area contributed by atoms with Gasteiger partial charge in [0, 0.05) is 125 Å². The largest absolute Gasteiger partial charge is 0.479 e. The average Bonchev–Trinajstić information content (AvgIpc) is 1.63. The molecule has 9 rings (SSSR count). The van der Waals surface area contributed by atoms with Crippen molar-refractivity contribution in [3.63, 3.8) is 0 Å². The summed E-state index contributed by atoms with van der Waals surface area (Å²) in [4.78, 5) is 180. The number of nitrogens with one attached hydrogen (secondary N) is 3. The highest BCUT2D eigenvalue weighted by Crippen LogP contribution is 2.35. The summed E-state index contributed by atoms with van der Waals surface area (Å²) >= 11 is 0. The van der Waals surface area contributed by atoms with Crippen LogP contribution in [0.2, 0.25) is 0 Å². The van der Waals surface area contributed by atoms with Crippen LogP contribution in [0.3, 0.4) is 0 Å². The summed E-state index contributed by atoms with van der Waals surface area (Å²) in [6, 6.07) is 15.0. The molecule has 0 aromatic heterocycles. The third-order valence-corrected chi connectivity index (χ3v) is 21.4. The standard InChI is InChI=1S/C34H48N2O15.C30H40N2O13.C29H38N2O12/c1-34(2,3)33(45)49-20-22-19-21(6-7-23(22)50-32-29(42)27(40)28(41)30(51-32)31(43)44)5-4-13-46-15-17-48-18-16-47-14-11-35-24(37)10-12-36-25(38)8-9-26(36)39;1-30(2,3)29(41)43-16-18-15-17(6-7-19(18)44-28-25(38)23(36)24(37)26(45-28)27(39)40)5-4-13-42-14-11-31-20(33)10-12-32-21(34)8-9-22(32)35;1-29(2,3)28(40)41-15-17-14-16(6-4-5-12-30-19(32)11-13-31-20(33)9-10-21(31)34)7-8-18(17)42-27-24(37)22(35)23(36)25(43-27)26(38)39/h6-9,19,27-30,32,40-42H,4-5,10-18,20H2,1-3H3,(H,35,37)(H,43,44);6-9,15,23-26,28,36-38H,4-5,10-14,16H2,1-3H3,(H,31,33)(H,39,40);7-10,14,22-25,27,35-37H,4-6,11-13,15H2,1-3H3,(H,30,32)(H,38,39)/t27-,28-,29+,30-,32+;23-,24-,25+,26-,28+;22-,23-,24+,25-,27?/m000/s1. The molecule has 0 spiro atoms. The van der Waals surface area contributed by atoms with Crippen molar-refractivity contribution in [2.75, 3.05) is 92.1 Å². The fraction of sp³-hybridized carbons (Fsp3) is 0.581. The summed E-state index contributed by atoms with van der Waals surface area (Å²) in [6.07, 6.45) is -15.6. The van der Waals surface area contributed by atoms with Gasteiger partial charge in [-0.3, -0.25) is 72.2 Å². The van der Waals surface area contributed by atoms with E-state index in [0.717, 1.165) is 55.7 Å². The molecule has 3 saturated heterocycles. The van der Waals surface area contributed by atoms with Crippen molar-refractivity contribution in [3.05, 3.63) is 124 Å². The summed E-state index contributed by atoms with van der Waals surface area (Å²) in [5.41, 5.74) is 1.39. The fourth-order valence-corrected chi connectivity index (χ4v) is 13.4. The number of amides is 9. The van der Waals surface area contributed by atoms with E-state index in [0.29, 0.717) is 108 Å². The Hall–Kier alpha value is -11.7. The molecule has 1 unspecified atom stereocenters. The van der Waals surface area contributed by atoms with Gasteiger partial charge in [-0.25, -0.2) is 14.4 Å².